The fourth-order valence-electron chi connectivity index (χ4n) is 1.35. The largest absolute Gasteiger partial charge is 0.464 e. The number of methoxy groups -OCH3 is 1. The number of nitrogens with zero attached hydrogens (tertiary/aromatic N) is 1. The highest BCUT2D eigenvalue weighted by Crippen LogP contribution is 2.39. The van der Waals surface area contributed by atoms with Crippen LogP contribution in [0.15, 0.2) is 16.5 Å². The molecule has 0 spiro atoms. The lowest BCUT2D eigenvalue weighted by molar-refractivity contribution is 0.0594. The summed E-state index contributed by atoms with van der Waals surface area (Å²) in [5.41, 5.74) is 0.00413. The summed E-state index contributed by atoms with van der Waals surface area (Å²) in [6.45, 7) is 0. The highest BCUT2D eigenvalue weighted by Gasteiger charge is 2.23. The Morgan fingerprint density at radius 1 is 1.16 bits per heavy atom. The molecule has 0 bridgehead atoms. The number of pyridine rings is 1. The van der Waals surface area contributed by atoms with Gasteiger partial charge >= 0.3 is 5.97 Å². The predicted molar refractivity (Wildman–Crippen MR) is 73.3 cm³/mol. The summed E-state index contributed by atoms with van der Waals surface area (Å²) in [5.74, 6) is -0.471. The van der Waals surface area contributed by atoms with Crippen molar-refractivity contribution in [3.05, 3.63) is 38.1 Å². The van der Waals surface area contributed by atoms with Crippen LogP contribution in [0.2, 0.25) is 20.3 Å². The zero-order valence-corrected chi connectivity index (χ0v) is 12.4. The van der Waals surface area contributed by atoms with Gasteiger partial charge in [-0.2, -0.15) is 0 Å². The van der Waals surface area contributed by atoms with Gasteiger partial charge in [0.25, 0.3) is 0 Å². The first kappa shape index (κ1) is 14.5. The molecule has 2 heterocycles. The van der Waals surface area contributed by atoms with Gasteiger partial charge in [-0.25, -0.2) is 9.78 Å². The maximum absolute atomic E-state index is 11.6. The van der Waals surface area contributed by atoms with E-state index >= 15 is 0 Å². The summed E-state index contributed by atoms with van der Waals surface area (Å²) < 4.78 is 9.74. The third-order valence-corrected chi connectivity index (χ3v) is 3.72. The van der Waals surface area contributed by atoms with Gasteiger partial charge < -0.3 is 9.15 Å². The van der Waals surface area contributed by atoms with Gasteiger partial charge in [-0.1, -0.05) is 34.8 Å². The number of halogens is 4. The average Bonchev–Trinajstić information content (AvgIpc) is 2.82. The van der Waals surface area contributed by atoms with E-state index in [1.807, 2.05) is 0 Å². The Kier molecular flexibility index (Phi) is 4.26. The number of esters is 1. The molecule has 0 saturated heterocycles. The molecule has 0 atom stereocenters. The molecule has 0 saturated carbocycles. The fourth-order valence-corrected chi connectivity index (χ4v) is 2.17. The molecule has 0 aliphatic heterocycles. The van der Waals surface area contributed by atoms with E-state index in [9.17, 15) is 4.79 Å². The topological polar surface area (TPSA) is 52.3 Å². The molecule has 0 aliphatic rings. The van der Waals surface area contributed by atoms with E-state index in [0.717, 1.165) is 0 Å². The van der Waals surface area contributed by atoms with Gasteiger partial charge in [0.15, 0.2) is 16.7 Å². The molecule has 0 unspecified atom stereocenters. The molecule has 2 aromatic rings. The van der Waals surface area contributed by atoms with Gasteiger partial charge in [-0.15, -0.1) is 0 Å². The lowest BCUT2D eigenvalue weighted by Crippen LogP contribution is -2.07. The van der Waals surface area contributed by atoms with Gasteiger partial charge in [0, 0.05) is 0 Å². The van der Waals surface area contributed by atoms with E-state index in [0.29, 0.717) is 0 Å². The maximum Gasteiger partial charge on any atom is 0.358 e. The quantitative estimate of drug-likeness (QED) is 0.741. The van der Waals surface area contributed by atoms with Crippen molar-refractivity contribution in [2.75, 3.05) is 7.11 Å². The zero-order valence-electron chi connectivity index (χ0n) is 9.34. The number of aromatic nitrogens is 1. The first-order chi connectivity index (χ1) is 8.95. The maximum atomic E-state index is 11.6. The zero-order chi connectivity index (χ0) is 14.2. The van der Waals surface area contributed by atoms with E-state index in [1.165, 1.54) is 13.2 Å². The molecule has 100 valence electrons. The molecular weight excluding hydrogens is 336 g/mol. The van der Waals surface area contributed by atoms with Crippen molar-refractivity contribution < 1.29 is 13.9 Å². The van der Waals surface area contributed by atoms with Crippen LogP contribution in [0.5, 0.6) is 0 Å². The summed E-state index contributed by atoms with van der Waals surface area (Å²) in [6, 6.07) is 3.05. The smallest absolute Gasteiger partial charge is 0.358 e. The lowest BCUT2D eigenvalue weighted by Gasteiger charge is -2.08. The first-order valence-corrected chi connectivity index (χ1v) is 6.35. The van der Waals surface area contributed by atoms with Crippen LogP contribution in [0.25, 0.3) is 11.5 Å². The molecule has 0 N–H and O–H groups in total. The fraction of sp³-hybridized carbons (Fsp3) is 0.0909. The first-order valence-electron chi connectivity index (χ1n) is 4.84. The van der Waals surface area contributed by atoms with E-state index < -0.39 is 5.97 Å². The van der Waals surface area contributed by atoms with Crippen LogP contribution in [0, 0.1) is 0 Å². The Balaban J connectivity index is 2.68. The van der Waals surface area contributed by atoms with Crippen LogP contribution in [0.4, 0.5) is 0 Å². The second kappa shape index (κ2) is 5.59. The van der Waals surface area contributed by atoms with Crippen molar-refractivity contribution in [1.82, 2.24) is 4.98 Å². The van der Waals surface area contributed by atoms with Crippen LogP contribution >= 0.6 is 46.4 Å². The van der Waals surface area contributed by atoms with Crippen molar-refractivity contribution in [2.24, 2.45) is 0 Å². The average molecular weight is 341 g/mol. The predicted octanol–water partition coefficient (Wildman–Crippen LogP) is 4.74. The summed E-state index contributed by atoms with van der Waals surface area (Å²) in [7, 11) is 1.20. The van der Waals surface area contributed by atoms with E-state index in [-0.39, 0.29) is 37.4 Å². The Morgan fingerprint density at radius 3 is 2.37 bits per heavy atom. The van der Waals surface area contributed by atoms with Crippen LogP contribution in [0.1, 0.15) is 10.5 Å². The highest BCUT2D eigenvalue weighted by atomic mass is 35.5. The van der Waals surface area contributed by atoms with Crippen LogP contribution in [-0.2, 0) is 4.74 Å². The SMILES string of the molecule is COC(=O)c1nc(-c2ccc(Cl)o2)c(Cl)c(Cl)c1Cl. The number of furan rings is 1. The molecule has 0 aliphatic carbocycles. The summed E-state index contributed by atoms with van der Waals surface area (Å²) in [6.07, 6.45) is 0. The Morgan fingerprint density at radius 2 is 1.84 bits per heavy atom. The number of hydrogen-bond donors (Lipinski definition) is 0. The number of carbonyl (C=O) groups is 1. The summed E-state index contributed by atoms with van der Waals surface area (Å²) >= 11 is 23.6. The highest BCUT2D eigenvalue weighted by molar-refractivity contribution is 6.49. The second-order valence-corrected chi connectivity index (χ2v) is 4.85. The molecule has 2 aromatic heterocycles. The van der Waals surface area contributed by atoms with Crippen LogP contribution < -0.4 is 0 Å². The molecule has 2 rings (SSSR count). The van der Waals surface area contributed by atoms with Crippen molar-refractivity contribution >= 4 is 52.4 Å². The third kappa shape index (κ3) is 2.67. The normalized spacial score (nSPS) is 10.6. The minimum Gasteiger partial charge on any atom is -0.464 e. The number of rotatable bonds is 2. The third-order valence-electron chi connectivity index (χ3n) is 2.21. The minimum absolute atomic E-state index is 0.0127. The van der Waals surface area contributed by atoms with Crippen LogP contribution in [-0.4, -0.2) is 18.1 Å². The molecule has 19 heavy (non-hydrogen) atoms. The van der Waals surface area contributed by atoms with Gasteiger partial charge in [0.2, 0.25) is 0 Å². The molecule has 0 amide bonds. The second-order valence-electron chi connectivity index (χ2n) is 3.35. The van der Waals surface area contributed by atoms with Gasteiger partial charge in [-0.05, 0) is 23.7 Å². The van der Waals surface area contributed by atoms with Crippen molar-refractivity contribution in [1.29, 1.82) is 0 Å². The Bertz CT molecular complexity index is 654. The van der Waals surface area contributed by atoms with Gasteiger partial charge in [-0.3, -0.25) is 0 Å². The summed E-state index contributed by atoms with van der Waals surface area (Å²) in [5, 5.41) is 0.116. The number of carbonyl (C=O) groups excluding carboxylic acids is 1. The monoisotopic (exact) mass is 339 g/mol. The molecule has 4 nitrogen and oxygen atoms in total. The van der Waals surface area contributed by atoms with Gasteiger partial charge in [0.1, 0.15) is 5.69 Å². The minimum atomic E-state index is -0.734. The van der Waals surface area contributed by atoms with Gasteiger partial charge in [0.05, 0.1) is 22.2 Å². The van der Waals surface area contributed by atoms with Crippen LogP contribution in [0.3, 0.4) is 0 Å². The van der Waals surface area contributed by atoms with E-state index in [1.54, 1.807) is 6.07 Å². The Hall–Kier alpha value is -0.940. The molecule has 8 heteroatoms. The summed E-state index contributed by atoms with van der Waals surface area (Å²) in [4.78, 5) is 15.6. The number of ether oxygens (including phenoxy) is 1. The lowest BCUT2D eigenvalue weighted by atomic mass is 10.2. The Labute approximate surface area is 128 Å². The van der Waals surface area contributed by atoms with Crippen molar-refractivity contribution in [2.45, 2.75) is 0 Å². The van der Waals surface area contributed by atoms with Crippen molar-refractivity contribution in [3.63, 3.8) is 0 Å². The standard InChI is InChI=1S/C11H5Cl4NO3/c1-18-11(17)10-8(15)6(13)7(14)9(16-10)4-2-3-5(12)19-4/h2-3H,1H3. The molecular formula is C11H5Cl4NO3. The molecule has 0 aromatic carbocycles. The van der Waals surface area contributed by atoms with E-state index in [2.05, 4.69) is 9.72 Å². The van der Waals surface area contributed by atoms with E-state index in [4.69, 9.17) is 50.8 Å². The molecule has 0 radical (unpaired) electrons. The van der Waals surface area contributed by atoms with Crippen molar-refractivity contribution in [3.8, 4) is 11.5 Å². The number of hydrogen-bond acceptors (Lipinski definition) is 4. The molecule has 0 fully saturated rings.